The van der Waals surface area contributed by atoms with E-state index < -0.39 is 27.4 Å². The van der Waals surface area contributed by atoms with E-state index in [1.165, 1.54) is 13.2 Å². The number of methoxy groups -OCH3 is 1. The van der Waals surface area contributed by atoms with Crippen molar-refractivity contribution >= 4 is 23.0 Å². The molecular formula is C23H24FIN5O4-. The third-order valence-electron chi connectivity index (χ3n) is 5.57. The van der Waals surface area contributed by atoms with Crippen molar-refractivity contribution in [1.82, 2.24) is 15.3 Å². The molecule has 1 aromatic carbocycles. The Morgan fingerprint density at radius 1 is 1.24 bits per heavy atom. The zero-order valence-electron chi connectivity index (χ0n) is 18.4. The van der Waals surface area contributed by atoms with E-state index >= 15 is 0 Å². The van der Waals surface area contributed by atoms with Gasteiger partial charge in [-0.25, -0.2) is 0 Å². The Labute approximate surface area is 206 Å². The Hall–Kier alpha value is -2.90. The molecule has 5 rings (SSSR count). The summed E-state index contributed by atoms with van der Waals surface area (Å²) in [5.74, 6) is -0.625. The van der Waals surface area contributed by atoms with E-state index in [0.29, 0.717) is 55.5 Å². The number of para-hydroxylation sites is 1. The second-order valence-corrected chi connectivity index (χ2v) is 10.3. The van der Waals surface area contributed by atoms with Crippen LogP contribution < -0.4 is 42.3 Å². The summed E-state index contributed by atoms with van der Waals surface area (Å²) in [5, 5.41) is 9.63. The fourth-order valence-electron chi connectivity index (χ4n) is 4.04. The van der Waals surface area contributed by atoms with Gasteiger partial charge in [0.15, 0.2) is 0 Å². The molecule has 0 radical (unpaired) electrons. The van der Waals surface area contributed by atoms with Gasteiger partial charge in [-0.15, -0.1) is 0 Å². The van der Waals surface area contributed by atoms with Crippen LogP contribution in [0.5, 0.6) is 5.75 Å². The fraction of sp³-hybridized carbons (Fsp3) is 0.304. The van der Waals surface area contributed by atoms with Gasteiger partial charge in [-0.3, -0.25) is 0 Å². The number of carbonyl (C=O) groups is 1. The Bertz CT molecular complexity index is 1200. The van der Waals surface area contributed by atoms with Crippen LogP contribution in [0, 0.1) is 5.82 Å². The number of rotatable bonds is 3. The number of nitrogens with zero attached hydrogens (tertiary/aromatic N) is 1. The summed E-state index contributed by atoms with van der Waals surface area (Å²) in [6, 6.07) is 6.51. The summed E-state index contributed by atoms with van der Waals surface area (Å²) in [6.45, 7) is 2.61. The predicted molar refractivity (Wildman–Crippen MR) is 121 cm³/mol. The monoisotopic (exact) mass is 580 g/mol. The average Bonchev–Trinajstić information content (AvgIpc) is 3.22. The maximum absolute atomic E-state index is 14.4. The second kappa shape index (κ2) is 10.2. The SMILES string of the molecule is COc1c(F)cccc1Nc1c2[nH]c3c1C(=O)NC[C@H]3[I-]OCCOCCNc1cnccc1-2. The van der Waals surface area contributed by atoms with Gasteiger partial charge in [-0.05, 0) is 0 Å². The molecule has 0 saturated heterocycles. The van der Waals surface area contributed by atoms with E-state index in [1.54, 1.807) is 24.5 Å². The van der Waals surface area contributed by atoms with Crippen LogP contribution in [0.15, 0.2) is 36.7 Å². The van der Waals surface area contributed by atoms with Crippen molar-refractivity contribution in [3.05, 3.63) is 53.7 Å². The molecule has 2 aliphatic heterocycles. The molecule has 11 heteroatoms. The number of aromatic nitrogens is 2. The molecule has 2 aliphatic rings. The molecule has 2 aromatic heterocycles. The van der Waals surface area contributed by atoms with Gasteiger partial charge >= 0.3 is 207 Å². The van der Waals surface area contributed by atoms with Crippen molar-refractivity contribution in [3.8, 4) is 17.0 Å². The van der Waals surface area contributed by atoms with Crippen LogP contribution >= 0.6 is 0 Å². The van der Waals surface area contributed by atoms with E-state index in [2.05, 4.69) is 25.9 Å². The minimum atomic E-state index is -0.724. The normalized spacial score (nSPS) is 18.4. The number of hydrogen-bond acceptors (Lipinski definition) is 7. The van der Waals surface area contributed by atoms with Crippen molar-refractivity contribution in [2.75, 3.05) is 50.7 Å². The van der Waals surface area contributed by atoms with Gasteiger partial charge in [-0.1, -0.05) is 0 Å². The van der Waals surface area contributed by atoms with Crippen LogP contribution in [-0.2, 0) is 7.80 Å². The van der Waals surface area contributed by atoms with Gasteiger partial charge in [0.2, 0.25) is 0 Å². The molecule has 34 heavy (non-hydrogen) atoms. The maximum atomic E-state index is 14.4. The number of fused-ring (bicyclic) bond motifs is 3. The number of nitrogens with one attached hydrogen (secondary N) is 4. The number of H-pyrrole nitrogens is 1. The van der Waals surface area contributed by atoms with E-state index in [4.69, 9.17) is 12.5 Å². The van der Waals surface area contributed by atoms with E-state index in [0.717, 1.165) is 16.9 Å². The van der Waals surface area contributed by atoms with E-state index in [-0.39, 0.29) is 15.6 Å². The Kier molecular flexibility index (Phi) is 6.83. The number of pyridine rings is 1. The van der Waals surface area contributed by atoms with Crippen molar-refractivity contribution in [3.63, 3.8) is 0 Å². The van der Waals surface area contributed by atoms with Gasteiger partial charge in [0.05, 0.1) is 0 Å². The molecule has 3 aromatic rings. The fourth-order valence-corrected chi connectivity index (χ4v) is 6.03. The van der Waals surface area contributed by atoms with Gasteiger partial charge in [0, 0.05) is 0 Å². The predicted octanol–water partition coefficient (Wildman–Crippen LogP) is 0.215. The molecule has 4 N–H and O–H groups in total. The molecule has 0 spiro atoms. The molecule has 0 fully saturated rings. The Balaban J connectivity index is 1.69. The molecule has 0 saturated carbocycles. The number of halogens is 2. The van der Waals surface area contributed by atoms with Crippen molar-refractivity contribution in [2.45, 2.75) is 3.92 Å². The molecule has 4 heterocycles. The summed E-state index contributed by atoms with van der Waals surface area (Å²) < 4.78 is 31.4. The summed E-state index contributed by atoms with van der Waals surface area (Å²) in [7, 11) is 1.41. The Morgan fingerprint density at radius 2 is 2.15 bits per heavy atom. The molecule has 0 unspecified atom stereocenters. The number of amides is 1. The van der Waals surface area contributed by atoms with Gasteiger partial charge in [0.25, 0.3) is 0 Å². The third-order valence-corrected chi connectivity index (χ3v) is 8.05. The van der Waals surface area contributed by atoms with Crippen LogP contribution in [-0.4, -0.2) is 55.9 Å². The number of ether oxygens (including phenoxy) is 2. The molecule has 0 aliphatic carbocycles. The quantitative estimate of drug-likeness (QED) is 0.259. The number of carbonyl (C=O) groups excluding carboxylic acids is 1. The minimum absolute atomic E-state index is 0.0244. The molecule has 180 valence electrons. The summed E-state index contributed by atoms with van der Waals surface area (Å²) in [6.07, 6.45) is 3.43. The van der Waals surface area contributed by atoms with Crippen molar-refractivity contribution in [2.24, 2.45) is 0 Å². The van der Waals surface area contributed by atoms with Crippen LogP contribution in [0.3, 0.4) is 0 Å². The Morgan fingerprint density at radius 3 is 3.03 bits per heavy atom. The molecule has 2 bridgehead atoms. The first-order valence-electron chi connectivity index (χ1n) is 10.8. The molecule has 1 amide bonds. The standard InChI is InChI=1S/C23H24FIN5O4/c1-32-22-14(24)3-2-4-16(22)29-21-18-20-15(11-28-23(18)31)25-34-10-9-33-8-7-27-17-12-26-6-5-13(17)19(21)30-20/h2-6,12,15,27,29-30H,7-11H2,1H3,(H,28,31)/q-1/t15-/m1/s1. The van der Waals surface area contributed by atoms with Crippen LogP contribution in [0.25, 0.3) is 11.3 Å². The summed E-state index contributed by atoms with van der Waals surface area (Å²) in [4.78, 5) is 20.9. The van der Waals surface area contributed by atoms with Gasteiger partial charge in [-0.2, -0.15) is 0 Å². The third kappa shape index (κ3) is 4.42. The molecule has 9 nitrogen and oxygen atoms in total. The molecule has 1 atom stereocenters. The van der Waals surface area contributed by atoms with E-state index in [1.807, 2.05) is 6.07 Å². The van der Waals surface area contributed by atoms with Gasteiger partial charge < -0.3 is 0 Å². The number of aromatic amines is 1. The first-order chi connectivity index (χ1) is 16.7. The number of anilines is 3. The summed E-state index contributed by atoms with van der Waals surface area (Å²) >= 11 is -0.724. The summed E-state index contributed by atoms with van der Waals surface area (Å²) in [5.41, 5.74) is 4.58. The number of alkyl halides is 1. The second-order valence-electron chi connectivity index (χ2n) is 7.65. The van der Waals surface area contributed by atoms with Crippen LogP contribution in [0.2, 0.25) is 0 Å². The van der Waals surface area contributed by atoms with Gasteiger partial charge in [0.1, 0.15) is 0 Å². The zero-order valence-corrected chi connectivity index (χ0v) is 20.6. The number of benzene rings is 1. The topological polar surface area (TPSA) is 110 Å². The van der Waals surface area contributed by atoms with Crippen LogP contribution in [0.1, 0.15) is 20.0 Å². The van der Waals surface area contributed by atoms with E-state index in [9.17, 15) is 9.18 Å². The number of hydrogen-bond donors (Lipinski definition) is 4. The van der Waals surface area contributed by atoms with Crippen molar-refractivity contribution < 1.29 is 43.3 Å². The first kappa shape index (κ1) is 22.9. The van der Waals surface area contributed by atoms with Crippen molar-refractivity contribution in [1.29, 1.82) is 0 Å². The van der Waals surface area contributed by atoms with Crippen LogP contribution in [0.4, 0.5) is 21.5 Å². The average molecular weight is 580 g/mol. The zero-order chi connectivity index (χ0) is 23.5. The first-order valence-corrected chi connectivity index (χ1v) is 12.9. The molecular weight excluding hydrogens is 556 g/mol.